The highest BCUT2D eigenvalue weighted by molar-refractivity contribution is 9.10. The molecule has 0 saturated carbocycles. The van der Waals surface area contributed by atoms with Crippen molar-refractivity contribution in [2.45, 2.75) is 4.90 Å². The largest absolute Gasteiger partial charge is 0.502 e. The number of phenols is 1. The first kappa shape index (κ1) is 15.2. The van der Waals surface area contributed by atoms with Gasteiger partial charge in [0.05, 0.1) is 9.82 Å². The molecule has 0 unspecified atom stereocenters. The molecular weight excluding hydrogens is 366 g/mol. The van der Waals surface area contributed by atoms with Crippen LogP contribution >= 0.6 is 15.9 Å². The summed E-state index contributed by atoms with van der Waals surface area (Å²) in [5, 5.41) is 20.0. The zero-order chi connectivity index (χ0) is 15.6. The van der Waals surface area contributed by atoms with Gasteiger partial charge in [-0.1, -0.05) is 15.9 Å². The number of nitrogens with zero attached hydrogens (tertiary/aromatic N) is 2. The molecule has 8 nitrogen and oxygen atoms in total. The highest BCUT2D eigenvalue weighted by Gasteiger charge is 2.21. The number of pyridine rings is 1. The molecule has 1 aromatic carbocycles. The molecule has 2 aromatic rings. The molecule has 0 amide bonds. The van der Waals surface area contributed by atoms with Gasteiger partial charge < -0.3 is 5.11 Å². The van der Waals surface area contributed by atoms with Gasteiger partial charge >= 0.3 is 5.69 Å². The van der Waals surface area contributed by atoms with Crippen LogP contribution < -0.4 is 4.72 Å². The Morgan fingerprint density at radius 3 is 2.62 bits per heavy atom. The number of benzene rings is 1. The van der Waals surface area contributed by atoms with Gasteiger partial charge in [-0.25, -0.2) is 13.4 Å². The Kier molecular flexibility index (Phi) is 4.09. The van der Waals surface area contributed by atoms with Crippen LogP contribution in [0.1, 0.15) is 0 Å². The van der Waals surface area contributed by atoms with Crippen molar-refractivity contribution in [1.82, 2.24) is 4.98 Å². The van der Waals surface area contributed by atoms with Crippen LogP contribution in [0.4, 0.5) is 11.5 Å². The Morgan fingerprint density at radius 1 is 1.29 bits per heavy atom. The lowest BCUT2D eigenvalue weighted by atomic mass is 10.3. The SMILES string of the molecule is O=[N+]([O-])c1cc(S(=O)(=O)Nc2cc(Br)ccn2)ccc1O. The zero-order valence-corrected chi connectivity index (χ0v) is 12.6. The topological polar surface area (TPSA) is 122 Å². The van der Waals surface area contributed by atoms with Crippen LogP contribution in [0.25, 0.3) is 0 Å². The number of aromatic hydroxyl groups is 1. The Balaban J connectivity index is 2.40. The maximum atomic E-state index is 12.1. The minimum absolute atomic E-state index is 0.0557. The number of nitro groups is 1. The molecule has 2 rings (SSSR count). The number of hydrogen-bond donors (Lipinski definition) is 2. The number of anilines is 1. The van der Waals surface area contributed by atoms with Gasteiger partial charge in [-0.15, -0.1) is 0 Å². The number of sulfonamides is 1. The van der Waals surface area contributed by atoms with Gasteiger partial charge in [0.25, 0.3) is 10.0 Å². The van der Waals surface area contributed by atoms with E-state index in [2.05, 4.69) is 25.6 Å². The predicted octanol–water partition coefficient (Wildman–Crippen LogP) is 2.26. The van der Waals surface area contributed by atoms with E-state index in [1.807, 2.05) is 0 Å². The molecule has 0 radical (unpaired) electrons. The van der Waals surface area contributed by atoms with Crippen LogP contribution in [0.5, 0.6) is 5.75 Å². The number of rotatable bonds is 4. The molecule has 2 N–H and O–H groups in total. The number of hydrogen-bond acceptors (Lipinski definition) is 6. The van der Waals surface area contributed by atoms with Crippen molar-refractivity contribution >= 4 is 37.5 Å². The zero-order valence-electron chi connectivity index (χ0n) is 10.2. The summed E-state index contributed by atoms with van der Waals surface area (Å²) >= 11 is 3.17. The van der Waals surface area contributed by atoms with Crippen molar-refractivity contribution in [3.63, 3.8) is 0 Å². The number of halogens is 1. The van der Waals surface area contributed by atoms with E-state index in [1.54, 1.807) is 6.07 Å². The second kappa shape index (κ2) is 5.66. The summed E-state index contributed by atoms with van der Waals surface area (Å²) in [6.45, 7) is 0. The van der Waals surface area contributed by atoms with E-state index in [-0.39, 0.29) is 10.7 Å². The highest BCUT2D eigenvalue weighted by atomic mass is 79.9. The summed E-state index contributed by atoms with van der Waals surface area (Å²) < 4.78 is 27.1. The maximum absolute atomic E-state index is 12.1. The Morgan fingerprint density at radius 2 is 2.00 bits per heavy atom. The van der Waals surface area contributed by atoms with Gasteiger partial charge in [0.15, 0.2) is 5.75 Å². The number of nitro benzene ring substituents is 1. The Labute approximate surface area is 127 Å². The van der Waals surface area contributed by atoms with E-state index in [1.165, 1.54) is 12.3 Å². The third-order valence-corrected chi connectivity index (χ3v) is 4.26. The molecule has 0 saturated heterocycles. The summed E-state index contributed by atoms with van der Waals surface area (Å²) in [7, 11) is -4.05. The van der Waals surface area contributed by atoms with Gasteiger partial charge in [-0.2, -0.15) is 0 Å². The molecular formula is C11H8BrN3O5S. The average molecular weight is 374 g/mol. The Hall–Kier alpha value is -2.20. The first-order valence-electron chi connectivity index (χ1n) is 5.41. The Bertz CT molecular complexity index is 809. The third-order valence-electron chi connectivity index (χ3n) is 2.41. The maximum Gasteiger partial charge on any atom is 0.312 e. The monoisotopic (exact) mass is 373 g/mol. The molecule has 0 aliphatic rings. The second-order valence-electron chi connectivity index (χ2n) is 3.87. The number of nitrogens with one attached hydrogen (secondary N) is 1. The summed E-state index contributed by atoms with van der Waals surface area (Å²) in [5.74, 6) is -0.556. The van der Waals surface area contributed by atoms with Crippen molar-refractivity contribution in [3.8, 4) is 5.75 Å². The van der Waals surface area contributed by atoms with E-state index >= 15 is 0 Å². The quantitative estimate of drug-likeness (QED) is 0.625. The van der Waals surface area contributed by atoms with Crippen molar-refractivity contribution in [1.29, 1.82) is 0 Å². The molecule has 0 aliphatic carbocycles. The molecule has 21 heavy (non-hydrogen) atoms. The first-order chi connectivity index (χ1) is 9.79. The van der Waals surface area contributed by atoms with E-state index < -0.39 is 26.4 Å². The van der Waals surface area contributed by atoms with Crippen LogP contribution in [-0.2, 0) is 10.0 Å². The lowest BCUT2D eigenvalue weighted by Gasteiger charge is -2.07. The lowest BCUT2D eigenvalue weighted by Crippen LogP contribution is -2.14. The molecule has 0 spiro atoms. The van der Waals surface area contributed by atoms with Crippen LogP contribution in [0.2, 0.25) is 0 Å². The highest BCUT2D eigenvalue weighted by Crippen LogP contribution is 2.29. The molecule has 110 valence electrons. The fourth-order valence-corrected chi connectivity index (χ4v) is 2.83. The average Bonchev–Trinajstić information content (AvgIpc) is 2.38. The van der Waals surface area contributed by atoms with Crippen LogP contribution in [0.3, 0.4) is 0 Å². The molecule has 0 bridgehead atoms. The molecule has 1 heterocycles. The van der Waals surface area contributed by atoms with E-state index in [0.717, 1.165) is 18.2 Å². The molecule has 0 fully saturated rings. The van der Waals surface area contributed by atoms with Gasteiger partial charge in [0, 0.05) is 16.7 Å². The number of phenolic OH excluding ortho intramolecular Hbond substituents is 1. The van der Waals surface area contributed by atoms with Crippen LogP contribution in [-0.4, -0.2) is 23.4 Å². The van der Waals surface area contributed by atoms with Crippen molar-refractivity contribution in [2.24, 2.45) is 0 Å². The lowest BCUT2D eigenvalue weighted by molar-refractivity contribution is -0.386. The van der Waals surface area contributed by atoms with Gasteiger partial charge in [0.2, 0.25) is 0 Å². The summed E-state index contributed by atoms with van der Waals surface area (Å²) in [5.41, 5.74) is -0.694. The molecule has 1 aromatic heterocycles. The van der Waals surface area contributed by atoms with Crippen molar-refractivity contribution in [3.05, 3.63) is 51.1 Å². The minimum Gasteiger partial charge on any atom is -0.502 e. The van der Waals surface area contributed by atoms with E-state index in [0.29, 0.717) is 4.47 Å². The summed E-state index contributed by atoms with van der Waals surface area (Å²) in [6, 6.07) is 5.83. The minimum atomic E-state index is -4.05. The van der Waals surface area contributed by atoms with Gasteiger partial charge in [-0.05, 0) is 24.3 Å². The van der Waals surface area contributed by atoms with Crippen molar-refractivity contribution < 1.29 is 18.4 Å². The predicted molar refractivity (Wildman–Crippen MR) is 77.5 cm³/mol. The standard InChI is InChI=1S/C11H8BrN3O5S/c12-7-3-4-13-11(5-7)14-21(19,20)8-1-2-10(16)9(6-8)15(17)18/h1-6,16H,(H,13,14). The summed E-state index contributed by atoms with van der Waals surface area (Å²) in [6.07, 6.45) is 1.39. The molecule has 10 heteroatoms. The van der Waals surface area contributed by atoms with Crippen molar-refractivity contribution in [2.75, 3.05) is 4.72 Å². The van der Waals surface area contributed by atoms with Crippen LogP contribution in [0.15, 0.2) is 45.9 Å². The first-order valence-corrected chi connectivity index (χ1v) is 7.69. The fourth-order valence-electron chi connectivity index (χ4n) is 1.47. The van der Waals surface area contributed by atoms with E-state index in [9.17, 15) is 23.6 Å². The number of aromatic nitrogens is 1. The van der Waals surface area contributed by atoms with E-state index in [4.69, 9.17) is 0 Å². The van der Waals surface area contributed by atoms with Crippen LogP contribution in [0, 0.1) is 10.1 Å². The fraction of sp³-hybridized carbons (Fsp3) is 0. The van der Waals surface area contributed by atoms with Gasteiger partial charge in [-0.3, -0.25) is 14.8 Å². The van der Waals surface area contributed by atoms with Gasteiger partial charge in [0.1, 0.15) is 5.82 Å². The summed E-state index contributed by atoms with van der Waals surface area (Å²) in [4.78, 5) is 13.3. The smallest absolute Gasteiger partial charge is 0.312 e. The molecule has 0 aliphatic heterocycles. The normalized spacial score (nSPS) is 11.1. The second-order valence-corrected chi connectivity index (χ2v) is 6.47. The third kappa shape index (κ3) is 3.47. The molecule has 0 atom stereocenters.